The minimum absolute atomic E-state index is 0.204. The summed E-state index contributed by atoms with van der Waals surface area (Å²) in [6, 6.07) is 9.73. The summed E-state index contributed by atoms with van der Waals surface area (Å²) in [4.78, 5) is 0. The third-order valence-corrected chi connectivity index (χ3v) is 3.11. The molecule has 0 heterocycles. The van der Waals surface area contributed by atoms with E-state index in [-0.39, 0.29) is 12.2 Å². The molecule has 2 aromatic rings. The molecule has 0 aliphatic carbocycles. The lowest BCUT2D eigenvalue weighted by Gasteiger charge is -2.13. The van der Waals surface area contributed by atoms with Crippen molar-refractivity contribution in [2.75, 3.05) is 0 Å². The minimum Gasteiger partial charge on any atom is -0.488 e. The Bertz CT molecular complexity index is 668. The Morgan fingerprint density at radius 2 is 1.80 bits per heavy atom. The standard InChI is InChI=1S/C16H13ClFNO/c1-10-3-14(17)4-11(2)16(10)20-9-13-5-12(8-19)6-15(18)7-13/h3-7H,9H2,1-2H3. The second-order valence-corrected chi connectivity index (χ2v) is 5.05. The zero-order chi connectivity index (χ0) is 14.7. The Labute approximate surface area is 122 Å². The van der Waals surface area contributed by atoms with Gasteiger partial charge in [0, 0.05) is 5.02 Å². The van der Waals surface area contributed by atoms with Gasteiger partial charge in [-0.15, -0.1) is 0 Å². The fourth-order valence-electron chi connectivity index (χ4n) is 2.08. The zero-order valence-corrected chi connectivity index (χ0v) is 12.0. The average Bonchev–Trinajstić information content (AvgIpc) is 2.36. The first-order valence-electron chi connectivity index (χ1n) is 6.08. The van der Waals surface area contributed by atoms with E-state index in [1.165, 1.54) is 12.1 Å². The first-order valence-corrected chi connectivity index (χ1v) is 6.46. The summed E-state index contributed by atoms with van der Waals surface area (Å²) < 4.78 is 19.1. The predicted octanol–water partition coefficient (Wildman–Crippen LogP) is 4.55. The van der Waals surface area contributed by atoms with Crippen LogP contribution in [-0.4, -0.2) is 0 Å². The fraction of sp³-hybridized carbons (Fsp3) is 0.188. The van der Waals surface area contributed by atoms with Crippen LogP contribution in [0, 0.1) is 31.0 Å². The number of hydrogen-bond donors (Lipinski definition) is 0. The van der Waals surface area contributed by atoms with Crippen LogP contribution in [0.1, 0.15) is 22.3 Å². The lowest BCUT2D eigenvalue weighted by atomic mass is 10.1. The van der Waals surface area contributed by atoms with Gasteiger partial charge < -0.3 is 4.74 Å². The number of ether oxygens (including phenoxy) is 1. The summed E-state index contributed by atoms with van der Waals surface area (Å²) in [7, 11) is 0. The summed E-state index contributed by atoms with van der Waals surface area (Å²) >= 11 is 5.96. The van der Waals surface area contributed by atoms with Gasteiger partial charge >= 0.3 is 0 Å². The second kappa shape index (κ2) is 5.94. The summed E-state index contributed by atoms with van der Waals surface area (Å²) in [5, 5.41) is 9.48. The van der Waals surface area contributed by atoms with Crippen LogP contribution >= 0.6 is 11.6 Å². The maximum atomic E-state index is 13.3. The molecule has 0 atom stereocenters. The molecule has 0 bridgehead atoms. The van der Waals surface area contributed by atoms with E-state index in [1.54, 1.807) is 6.07 Å². The molecule has 0 saturated carbocycles. The van der Waals surface area contributed by atoms with E-state index >= 15 is 0 Å². The summed E-state index contributed by atoms with van der Waals surface area (Å²) in [6.07, 6.45) is 0. The van der Waals surface area contributed by atoms with Crippen molar-refractivity contribution in [1.82, 2.24) is 0 Å². The summed E-state index contributed by atoms with van der Waals surface area (Å²) in [5.41, 5.74) is 2.75. The van der Waals surface area contributed by atoms with Gasteiger partial charge in [0.15, 0.2) is 0 Å². The molecule has 0 N–H and O–H groups in total. The van der Waals surface area contributed by atoms with E-state index in [9.17, 15) is 4.39 Å². The van der Waals surface area contributed by atoms with Crippen LogP contribution in [0.15, 0.2) is 30.3 Å². The number of aryl methyl sites for hydroxylation is 2. The highest BCUT2D eigenvalue weighted by Crippen LogP contribution is 2.27. The molecule has 0 fully saturated rings. The van der Waals surface area contributed by atoms with Gasteiger partial charge in [0.05, 0.1) is 11.6 Å². The predicted molar refractivity (Wildman–Crippen MR) is 76.4 cm³/mol. The van der Waals surface area contributed by atoms with Crippen molar-refractivity contribution in [2.45, 2.75) is 20.5 Å². The van der Waals surface area contributed by atoms with Crippen LogP contribution < -0.4 is 4.74 Å². The molecule has 102 valence electrons. The molecule has 20 heavy (non-hydrogen) atoms. The fourth-order valence-corrected chi connectivity index (χ4v) is 2.41. The lowest BCUT2D eigenvalue weighted by Crippen LogP contribution is -2.00. The van der Waals surface area contributed by atoms with Crippen LogP contribution in [0.5, 0.6) is 5.75 Å². The molecular weight excluding hydrogens is 277 g/mol. The van der Waals surface area contributed by atoms with Crippen LogP contribution in [0.4, 0.5) is 4.39 Å². The molecule has 0 radical (unpaired) electrons. The van der Waals surface area contributed by atoms with Crippen LogP contribution in [-0.2, 0) is 6.61 Å². The van der Waals surface area contributed by atoms with Crippen molar-refractivity contribution in [3.8, 4) is 11.8 Å². The Hall–Kier alpha value is -2.05. The van der Waals surface area contributed by atoms with Gasteiger partial charge in [-0.1, -0.05) is 11.6 Å². The lowest BCUT2D eigenvalue weighted by molar-refractivity contribution is 0.301. The number of halogens is 2. The van der Waals surface area contributed by atoms with E-state index < -0.39 is 5.82 Å². The van der Waals surface area contributed by atoms with Crippen LogP contribution in [0.2, 0.25) is 5.02 Å². The molecule has 0 unspecified atom stereocenters. The Kier molecular flexibility index (Phi) is 4.26. The average molecular weight is 290 g/mol. The third kappa shape index (κ3) is 3.28. The first-order chi connectivity index (χ1) is 9.49. The Balaban J connectivity index is 2.21. The maximum absolute atomic E-state index is 13.3. The van der Waals surface area contributed by atoms with Crippen molar-refractivity contribution in [1.29, 1.82) is 5.26 Å². The topological polar surface area (TPSA) is 33.0 Å². The number of hydrogen-bond acceptors (Lipinski definition) is 2. The zero-order valence-electron chi connectivity index (χ0n) is 11.2. The van der Waals surface area contributed by atoms with E-state index in [4.69, 9.17) is 21.6 Å². The molecule has 0 amide bonds. The van der Waals surface area contributed by atoms with Gasteiger partial charge in [0.25, 0.3) is 0 Å². The first kappa shape index (κ1) is 14.4. The number of benzene rings is 2. The quantitative estimate of drug-likeness (QED) is 0.830. The molecule has 0 saturated heterocycles. The molecule has 4 heteroatoms. The van der Waals surface area contributed by atoms with Gasteiger partial charge in [0.1, 0.15) is 18.2 Å². The molecule has 2 aromatic carbocycles. The molecular formula is C16H13ClFNO. The minimum atomic E-state index is -0.438. The van der Waals surface area contributed by atoms with Gasteiger partial charge in [-0.05, 0) is 60.9 Å². The van der Waals surface area contributed by atoms with E-state index in [1.807, 2.05) is 32.0 Å². The van der Waals surface area contributed by atoms with Crippen molar-refractivity contribution in [3.63, 3.8) is 0 Å². The third-order valence-electron chi connectivity index (χ3n) is 2.89. The highest BCUT2D eigenvalue weighted by Gasteiger charge is 2.07. The Morgan fingerprint density at radius 3 is 2.40 bits per heavy atom. The highest BCUT2D eigenvalue weighted by molar-refractivity contribution is 6.30. The number of rotatable bonds is 3. The summed E-state index contributed by atoms with van der Waals surface area (Å²) in [5.74, 6) is 0.296. The second-order valence-electron chi connectivity index (χ2n) is 4.62. The highest BCUT2D eigenvalue weighted by atomic mass is 35.5. The number of nitriles is 1. The largest absolute Gasteiger partial charge is 0.488 e. The van der Waals surface area contributed by atoms with Gasteiger partial charge in [-0.2, -0.15) is 5.26 Å². The van der Waals surface area contributed by atoms with Crippen molar-refractivity contribution < 1.29 is 9.13 Å². The SMILES string of the molecule is Cc1cc(Cl)cc(C)c1OCc1cc(F)cc(C#N)c1. The number of nitrogens with zero attached hydrogens (tertiary/aromatic N) is 1. The van der Waals surface area contributed by atoms with E-state index in [0.29, 0.717) is 10.6 Å². The Morgan fingerprint density at radius 1 is 1.15 bits per heavy atom. The monoisotopic (exact) mass is 289 g/mol. The maximum Gasteiger partial charge on any atom is 0.125 e. The van der Waals surface area contributed by atoms with Crippen LogP contribution in [0.25, 0.3) is 0 Å². The molecule has 0 spiro atoms. The molecule has 0 aromatic heterocycles. The smallest absolute Gasteiger partial charge is 0.125 e. The van der Waals surface area contributed by atoms with Gasteiger partial charge in [-0.25, -0.2) is 4.39 Å². The molecule has 2 nitrogen and oxygen atoms in total. The van der Waals surface area contributed by atoms with E-state index in [2.05, 4.69) is 0 Å². The van der Waals surface area contributed by atoms with Crippen molar-refractivity contribution >= 4 is 11.6 Å². The molecule has 2 rings (SSSR count). The van der Waals surface area contributed by atoms with Crippen LogP contribution in [0.3, 0.4) is 0 Å². The van der Waals surface area contributed by atoms with Gasteiger partial charge in [0.2, 0.25) is 0 Å². The normalized spacial score (nSPS) is 10.2. The molecule has 0 aliphatic heterocycles. The summed E-state index contributed by atoms with van der Waals surface area (Å²) in [6.45, 7) is 4.01. The molecule has 0 aliphatic rings. The van der Waals surface area contributed by atoms with E-state index in [0.717, 1.165) is 16.9 Å². The van der Waals surface area contributed by atoms with Gasteiger partial charge in [-0.3, -0.25) is 0 Å². The van der Waals surface area contributed by atoms with Crippen molar-refractivity contribution in [3.05, 3.63) is 63.4 Å². The van der Waals surface area contributed by atoms with Crippen molar-refractivity contribution in [2.24, 2.45) is 0 Å².